The van der Waals surface area contributed by atoms with Gasteiger partial charge in [-0.25, -0.2) is 9.97 Å². The van der Waals surface area contributed by atoms with Crippen LogP contribution in [0.25, 0.3) is 0 Å². The molecule has 1 spiro atoms. The SMILES string of the molecule is Cc1nc(C(=O)NC2=NCC3(CCN(C(=O)c4ccccn4)CC3)N2)c(N)nc1N. The van der Waals surface area contributed by atoms with E-state index in [9.17, 15) is 9.59 Å². The van der Waals surface area contributed by atoms with Crippen LogP contribution in [0.3, 0.4) is 0 Å². The predicted molar refractivity (Wildman–Crippen MR) is 111 cm³/mol. The van der Waals surface area contributed by atoms with Crippen molar-refractivity contribution in [2.24, 2.45) is 4.99 Å². The van der Waals surface area contributed by atoms with E-state index in [-0.39, 0.29) is 28.8 Å². The van der Waals surface area contributed by atoms with Gasteiger partial charge < -0.3 is 21.7 Å². The number of aliphatic imine (C=N–C) groups is 1. The van der Waals surface area contributed by atoms with Crippen molar-refractivity contribution in [3.8, 4) is 0 Å². The van der Waals surface area contributed by atoms with E-state index in [1.807, 2.05) is 0 Å². The number of anilines is 2. The Morgan fingerprint density at radius 2 is 1.93 bits per heavy atom. The Hall–Kier alpha value is -3.76. The van der Waals surface area contributed by atoms with Crippen molar-refractivity contribution in [3.05, 3.63) is 41.5 Å². The van der Waals surface area contributed by atoms with Crippen molar-refractivity contribution < 1.29 is 9.59 Å². The summed E-state index contributed by atoms with van der Waals surface area (Å²) in [5.41, 5.74) is 12.0. The molecule has 1 saturated heterocycles. The Bertz CT molecular complexity index is 1010. The molecule has 4 rings (SSSR count). The normalized spacial score (nSPS) is 17.4. The van der Waals surface area contributed by atoms with E-state index in [4.69, 9.17) is 11.5 Å². The molecule has 2 aromatic rings. The molecule has 0 aliphatic carbocycles. The maximum absolute atomic E-state index is 12.6. The zero-order chi connectivity index (χ0) is 21.3. The first-order valence-electron chi connectivity index (χ1n) is 9.61. The van der Waals surface area contributed by atoms with Crippen LogP contribution in [0.1, 0.15) is 39.5 Å². The third-order valence-corrected chi connectivity index (χ3v) is 5.40. The van der Waals surface area contributed by atoms with E-state index < -0.39 is 5.91 Å². The second-order valence-electron chi connectivity index (χ2n) is 7.46. The number of hydrogen-bond donors (Lipinski definition) is 4. The van der Waals surface area contributed by atoms with Gasteiger partial charge in [0.15, 0.2) is 17.5 Å². The van der Waals surface area contributed by atoms with Crippen LogP contribution in [0.2, 0.25) is 0 Å². The molecule has 0 saturated carbocycles. The summed E-state index contributed by atoms with van der Waals surface area (Å²) in [4.78, 5) is 43.5. The number of piperidine rings is 1. The minimum absolute atomic E-state index is 0.00271. The highest BCUT2D eigenvalue weighted by Crippen LogP contribution is 2.26. The highest BCUT2D eigenvalue weighted by Gasteiger charge is 2.40. The molecular formula is C19H23N9O2. The fourth-order valence-corrected chi connectivity index (χ4v) is 3.58. The minimum Gasteiger partial charge on any atom is -0.382 e. The number of carbonyl (C=O) groups excluding carboxylic acids is 2. The lowest BCUT2D eigenvalue weighted by molar-refractivity contribution is 0.0662. The molecule has 2 aliphatic rings. The van der Waals surface area contributed by atoms with Crippen LogP contribution in [-0.4, -0.2) is 62.8 Å². The number of likely N-dealkylation sites (tertiary alicyclic amines) is 1. The molecule has 2 aliphatic heterocycles. The van der Waals surface area contributed by atoms with Gasteiger partial charge >= 0.3 is 0 Å². The number of nitrogens with zero attached hydrogens (tertiary/aromatic N) is 5. The largest absolute Gasteiger partial charge is 0.382 e. The van der Waals surface area contributed by atoms with E-state index in [2.05, 4.69) is 30.6 Å². The van der Waals surface area contributed by atoms with Crippen LogP contribution in [0.4, 0.5) is 11.6 Å². The van der Waals surface area contributed by atoms with E-state index in [1.165, 1.54) is 0 Å². The molecule has 11 nitrogen and oxygen atoms in total. The van der Waals surface area contributed by atoms with Gasteiger partial charge in [-0.05, 0) is 31.9 Å². The second kappa shape index (κ2) is 7.58. The Labute approximate surface area is 173 Å². The summed E-state index contributed by atoms with van der Waals surface area (Å²) in [7, 11) is 0. The molecule has 6 N–H and O–H groups in total. The van der Waals surface area contributed by atoms with Crippen LogP contribution >= 0.6 is 0 Å². The number of amides is 2. The maximum Gasteiger partial charge on any atom is 0.280 e. The highest BCUT2D eigenvalue weighted by atomic mass is 16.2. The van der Waals surface area contributed by atoms with Crippen molar-refractivity contribution in [2.45, 2.75) is 25.3 Å². The maximum atomic E-state index is 12.6. The molecule has 156 valence electrons. The van der Waals surface area contributed by atoms with Gasteiger partial charge in [0.2, 0.25) is 0 Å². The average Bonchev–Trinajstić information content (AvgIpc) is 3.13. The molecular weight excluding hydrogens is 386 g/mol. The van der Waals surface area contributed by atoms with Crippen molar-refractivity contribution in [1.29, 1.82) is 0 Å². The minimum atomic E-state index is -0.505. The molecule has 4 heterocycles. The molecule has 0 bridgehead atoms. The third-order valence-electron chi connectivity index (χ3n) is 5.40. The van der Waals surface area contributed by atoms with Gasteiger partial charge in [0, 0.05) is 19.3 Å². The van der Waals surface area contributed by atoms with E-state index in [1.54, 1.807) is 36.2 Å². The Morgan fingerprint density at radius 3 is 2.63 bits per heavy atom. The Kier molecular flexibility index (Phi) is 4.94. The van der Waals surface area contributed by atoms with Gasteiger partial charge in [-0.2, -0.15) is 0 Å². The first kappa shape index (κ1) is 19.6. The zero-order valence-electron chi connectivity index (χ0n) is 16.6. The summed E-state index contributed by atoms with van der Waals surface area (Å²) in [5.74, 6) is -0.0726. The molecule has 0 aromatic carbocycles. The average molecular weight is 409 g/mol. The summed E-state index contributed by atoms with van der Waals surface area (Å²) in [6.45, 7) is 3.32. The number of guanidine groups is 1. The number of nitrogen functional groups attached to an aromatic ring is 2. The summed E-state index contributed by atoms with van der Waals surface area (Å²) in [5, 5.41) is 6.00. The molecule has 2 amide bonds. The van der Waals surface area contributed by atoms with Crippen molar-refractivity contribution >= 4 is 29.4 Å². The molecule has 0 atom stereocenters. The van der Waals surface area contributed by atoms with Crippen molar-refractivity contribution in [3.63, 3.8) is 0 Å². The van der Waals surface area contributed by atoms with Gasteiger partial charge in [-0.1, -0.05) is 6.07 Å². The zero-order valence-corrected chi connectivity index (χ0v) is 16.6. The van der Waals surface area contributed by atoms with Gasteiger partial charge in [0.1, 0.15) is 11.5 Å². The monoisotopic (exact) mass is 409 g/mol. The van der Waals surface area contributed by atoms with Crippen LogP contribution in [0.15, 0.2) is 29.4 Å². The van der Waals surface area contributed by atoms with Crippen molar-refractivity contribution in [1.82, 2.24) is 30.5 Å². The van der Waals surface area contributed by atoms with Crippen molar-refractivity contribution in [2.75, 3.05) is 31.1 Å². The number of pyridine rings is 1. The van der Waals surface area contributed by atoms with Gasteiger partial charge in [-0.15, -0.1) is 0 Å². The van der Waals surface area contributed by atoms with E-state index in [0.717, 1.165) is 0 Å². The van der Waals surface area contributed by atoms with E-state index in [0.29, 0.717) is 49.8 Å². The standard InChI is InChI=1S/C19H23N9O2/c1-11-14(20)25-15(21)13(24-11)16(29)26-18-23-10-19(27-18)5-8-28(9-6-19)17(30)12-4-2-3-7-22-12/h2-4,7H,5-6,8-10H2,1H3,(H4,20,21,25)(H2,23,26,27,29). The van der Waals surface area contributed by atoms with Gasteiger partial charge in [0.25, 0.3) is 11.8 Å². The highest BCUT2D eigenvalue weighted by molar-refractivity contribution is 6.07. The number of nitrogens with one attached hydrogen (secondary N) is 2. The molecule has 0 unspecified atom stereocenters. The summed E-state index contributed by atoms with van der Waals surface area (Å²) < 4.78 is 0. The number of aromatic nitrogens is 3. The first-order chi connectivity index (χ1) is 14.4. The smallest absolute Gasteiger partial charge is 0.280 e. The summed E-state index contributed by atoms with van der Waals surface area (Å²) >= 11 is 0. The van der Waals surface area contributed by atoms with Crippen LogP contribution < -0.4 is 22.1 Å². The molecule has 2 aromatic heterocycles. The fourth-order valence-electron chi connectivity index (χ4n) is 3.58. The molecule has 11 heteroatoms. The van der Waals surface area contributed by atoms with Crippen LogP contribution in [-0.2, 0) is 0 Å². The lowest BCUT2D eigenvalue weighted by Gasteiger charge is -2.39. The quantitative estimate of drug-likeness (QED) is 0.525. The van der Waals surface area contributed by atoms with Crippen LogP contribution in [0, 0.1) is 6.92 Å². The van der Waals surface area contributed by atoms with Gasteiger partial charge in [0.05, 0.1) is 17.8 Å². The number of aryl methyl sites for hydroxylation is 1. The molecule has 30 heavy (non-hydrogen) atoms. The Morgan fingerprint density at radius 1 is 1.17 bits per heavy atom. The van der Waals surface area contributed by atoms with E-state index >= 15 is 0 Å². The number of nitrogens with two attached hydrogens (primary N) is 2. The topological polar surface area (TPSA) is 165 Å². The summed E-state index contributed by atoms with van der Waals surface area (Å²) in [6.07, 6.45) is 3.02. The second-order valence-corrected chi connectivity index (χ2v) is 7.46. The number of carbonyl (C=O) groups is 2. The fraction of sp³-hybridized carbons (Fsp3) is 0.368. The lowest BCUT2D eigenvalue weighted by atomic mass is 9.88. The molecule has 0 radical (unpaired) electrons. The first-order valence-corrected chi connectivity index (χ1v) is 9.61. The third kappa shape index (κ3) is 3.73. The number of hydrogen-bond acceptors (Lipinski definition) is 9. The predicted octanol–water partition coefficient (Wildman–Crippen LogP) is -0.292. The Balaban J connectivity index is 1.35. The lowest BCUT2D eigenvalue weighted by Crippen LogP contribution is -2.57. The summed E-state index contributed by atoms with van der Waals surface area (Å²) in [6, 6.07) is 5.29. The number of rotatable bonds is 2. The molecule has 1 fully saturated rings. The van der Waals surface area contributed by atoms with Gasteiger partial charge in [-0.3, -0.25) is 24.9 Å². The van der Waals surface area contributed by atoms with Crippen LogP contribution in [0.5, 0.6) is 0 Å².